The Balaban J connectivity index is 1.31. The molecule has 1 amide bonds. The van der Waals surface area contributed by atoms with Crippen molar-refractivity contribution in [3.63, 3.8) is 0 Å². The Morgan fingerprint density at radius 2 is 2.17 bits per heavy atom. The predicted octanol–water partition coefficient (Wildman–Crippen LogP) is 3.73. The molecule has 2 bridgehead atoms. The molecule has 0 heterocycles. The van der Waals surface area contributed by atoms with E-state index in [1.54, 1.807) is 11.8 Å². The Labute approximate surface area is 142 Å². The van der Waals surface area contributed by atoms with Crippen LogP contribution in [0.1, 0.15) is 43.2 Å². The number of hydrogen-bond acceptors (Lipinski definition) is 3. The summed E-state index contributed by atoms with van der Waals surface area (Å²) in [7, 11) is 0. The third kappa shape index (κ3) is 4.29. The number of carbonyl (C=O) groups excluding carboxylic acids is 1. The molecule has 4 heteroatoms. The molecule has 3 atom stereocenters. The van der Waals surface area contributed by atoms with Crippen LogP contribution in [-0.4, -0.2) is 18.2 Å². The van der Waals surface area contributed by atoms with Crippen molar-refractivity contribution < 1.29 is 4.79 Å². The lowest BCUT2D eigenvalue weighted by atomic mass is 9.86. The van der Waals surface area contributed by atoms with Crippen molar-refractivity contribution in [3.05, 3.63) is 35.4 Å². The van der Waals surface area contributed by atoms with Crippen LogP contribution in [0.5, 0.6) is 0 Å². The highest BCUT2D eigenvalue weighted by molar-refractivity contribution is 7.98. The molecule has 0 saturated heterocycles. The molecular weight excluding hydrogens is 304 g/mol. The summed E-state index contributed by atoms with van der Waals surface area (Å²) >= 11 is 1.77. The number of hydrogen-bond donors (Lipinski definition) is 1. The van der Waals surface area contributed by atoms with E-state index >= 15 is 0 Å². The standard InChI is InChI=1S/C19H24N2OS/c20-12-16-3-1-2-4-17(16)13-23-8-7-21-19(22)11-18-10-14-5-6-15(18)9-14/h1-4,14-15,18H,5-11,13H2,(H,21,22)/t14-,15+,18-/m0/s1. The lowest BCUT2D eigenvalue weighted by molar-refractivity contribution is -0.122. The van der Waals surface area contributed by atoms with Crippen LogP contribution in [0, 0.1) is 29.1 Å². The molecule has 2 aliphatic rings. The molecule has 0 spiro atoms. The summed E-state index contributed by atoms with van der Waals surface area (Å²) in [5, 5.41) is 12.1. The third-order valence-corrected chi connectivity index (χ3v) is 6.30. The van der Waals surface area contributed by atoms with E-state index in [2.05, 4.69) is 11.4 Å². The quantitative estimate of drug-likeness (QED) is 0.776. The summed E-state index contributed by atoms with van der Waals surface area (Å²) in [5.41, 5.74) is 1.83. The first-order chi connectivity index (χ1) is 11.3. The summed E-state index contributed by atoms with van der Waals surface area (Å²) in [6.07, 6.45) is 6.10. The highest BCUT2D eigenvalue weighted by atomic mass is 32.2. The second-order valence-electron chi connectivity index (χ2n) is 6.81. The highest BCUT2D eigenvalue weighted by Gasteiger charge is 2.39. The summed E-state index contributed by atoms with van der Waals surface area (Å²) in [6, 6.07) is 9.94. The van der Waals surface area contributed by atoms with E-state index in [4.69, 9.17) is 5.26 Å². The van der Waals surface area contributed by atoms with Crippen molar-refractivity contribution >= 4 is 17.7 Å². The monoisotopic (exact) mass is 328 g/mol. The van der Waals surface area contributed by atoms with E-state index in [1.165, 1.54) is 25.7 Å². The molecule has 3 rings (SSSR count). The molecule has 0 aromatic heterocycles. The van der Waals surface area contributed by atoms with E-state index in [0.717, 1.165) is 47.4 Å². The zero-order chi connectivity index (χ0) is 16.1. The molecule has 0 unspecified atom stereocenters. The minimum absolute atomic E-state index is 0.223. The van der Waals surface area contributed by atoms with Gasteiger partial charge in [0.25, 0.3) is 0 Å². The number of nitrogens with zero attached hydrogens (tertiary/aromatic N) is 1. The molecule has 1 N–H and O–H groups in total. The lowest BCUT2D eigenvalue weighted by Gasteiger charge is -2.20. The van der Waals surface area contributed by atoms with Crippen LogP contribution in [0.25, 0.3) is 0 Å². The molecule has 2 aliphatic carbocycles. The molecule has 23 heavy (non-hydrogen) atoms. The fourth-order valence-corrected chi connectivity index (χ4v) is 5.00. The van der Waals surface area contributed by atoms with Gasteiger partial charge in [-0.2, -0.15) is 17.0 Å². The van der Waals surface area contributed by atoms with Crippen LogP contribution < -0.4 is 5.32 Å². The van der Waals surface area contributed by atoms with Crippen LogP contribution in [0.2, 0.25) is 0 Å². The SMILES string of the molecule is N#Cc1ccccc1CSCCNC(=O)C[C@@H]1C[C@H]2CC[C@@H]1C2. The Morgan fingerprint density at radius 3 is 2.91 bits per heavy atom. The summed E-state index contributed by atoms with van der Waals surface area (Å²) in [6.45, 7) is 0.721. The summed E-state index contributed by atoms with van der Waals surface area (Å²) in [4.78, 5) is 12.0. The number of carbonyl (C=O) groups is 1. The zero-order valence-corrected chi connectivity index (χ0v) is 14.3. The van der Waals surface area contributed by atoms with E-state index in [9.17, 15) is 4.79 Å². The fraction of sp³-hybridized carbons (Fsp3) is 0.579. The van der Waals surface area contributed by atoms with Gasteiger partial charge in [-0.15, -0.1) is 0 Å². The molecule has 0 radical (unpaired) electrons. The Bertz CT molecular complexity index is 595. The van der Waals surface area contributed by atoms with E-state index in [0.29, 0.717) is 5.92 Å². The first-order valence-corrected chi connectivity index (χ1v) is 9.74. The number of fused-ring (bicyclic) bond motifs is 2. The van der Waals surface area contributed by atoms with Gasteiger partial charge in [0.15, 0.2) is 0 Å². The van der Waals surface area contributed by atoms with Crippen LogP contribution >= 0.6 is 11.8 Å². The van der Waals surface area contributed by atoms with Crippen LogP contribution in [0.15, 0.2) is 24.3 Å². The van der Waals surface area contributed by atoms with Gasteiger partial charge in [0.2, 0.25) is 5.91 Å². The average molecular weight is 328 g/mol. The molecule has 2 saturated carbocycles. The van der Waals surface area contributed by atoms with Crippen molar-refractivity contribution in [2.45, 2.75) is 37.9 Å². The topological polar surface area (TPSA) is 52.9 Å². The molecule has 3 nitrogen and oxygen atoms in total. The minimum Gasteiger partial charge on any atom is -0.355 e. The zero-order valence-electron chi connectivity index (χ0n) is 13.5. The van der Waals surface area contributed by atoms with Crippen LogP contribution in [-0.2, 0) is 10.5 Å². The van der Waals surface area contributed by atoms with E-state index in [-0.39, 0.29) is 5.91 Å². The number of nitriles is 1. The Hall–Kier alpha value is -1.47. The molecule has 1 aromatic carbocycles. The average Bonchev–Trinajstić information content (AvgIpc) is 3.17. The number of benzene rings is 1. The third-order valence-electron chi connectivity index (χ3n) is 5.30. The van der Waals surface area contributed by atoms with Crippen molar-refractivity contribution in [1.29, 1.82) is 5.26 Å². The second kappa shape index (κ2) is 7.88. The first-order valence-electron chi connectivity index (χ1n) is 8.58. The number of amides is 1. The highest BCUT2D eigenvalue weighted by Crippen LogP contribution is 2.49. The van der Waals surface area contributed by atoms with Gasteiger partial charge < -0.3 is 5.32 Å². The number of thioether (sulfide) groups is 1. The first kappa shape index (κ1) is 16.4. The largest absolute Gasteiger partial charge is 0.355 e. The van der Waals surface area contributed by atoms with Gasteiger partial charge in [-0.1, -0.05) is 24.6 Å². The molecular formula is C19H24N2OS. The van der Waals surface area contributed by atoms with Gasteiger partial charge in [0.1, 0.15) is 0 Å². The normalized spacial score (nSPS) is 25.3. The van der Waals surface area contributed by atoms with Crippen molar-refractivity contribution in [1.82, 2.24) is 5.32 Å². The summed E-state index contributed by atoms with van der Waals surface area (Å²) < 4.78 is 0. The summed E-state index contributed by atoms with van der Waals surface area (Å²) in [5.74, 6) is 4.31. The minimum atomic E-state index is 0.223. The molecule has 1 aromatic rings. The van der Waals surface area contributed by atoms with Crippen LogP contribution in [0.3, 0.4) is 0 Å². The van der Waals surface area contributed by atoms with Crippen molar-refractivity contribution in [2.75, 3.05) is 12.3 Å². The second-order valence-corrected chi connectivity index (χ2v) is 7.92. The van der Waals surface area contributed by atoms with E-state index < -0.39 is 0 Å². The maximum atomic E-state index is 12.0. The van der Waals surface area contributed by atoms with Gasteiger partial charge >= 0.3 is 0 Å². The predicted molar refractivity (Wildman–Crippen MR) is 93.9 cm³/mol. The van der Waals surface area contributed by atoms with Crippen molar-refractivity contribution in [2.24, 2.45) is 17.8 Å². The Morgan fingerprint density at radius 1 is 1.30 bits per heavy atom. The number of nitrogens with one attached hydrogen (secondary N) is 1. The maximum Gasteiger partial charge on any atom is 0.220 e. The Kier molecular flexibility index (Phi) is 5.61. The fourth-order valence-electron chi connectivity index (χ4n) is 4.14. The van der Waals surface area contributed by atoms with Gasteiger partial charge in [-0.25, -0.2) is 0 Å². The van der Waals surface area contributed by atoms with E-state index in [1.807, 2.05) is 24.3 Å². The maximum absolute atomic E-state index is 12.0. The van der Waals surface area contributed by atoms with Gasteiger partial charge in [0.05, 0.1) is 11.6 Å². The van der Waals surface area contributed by atoms with Gasteiger partial charge in [-0.05, 0) is 48.6 Å². The number of rotatable bonds is 7. The smallest absolute Gasteiger partial charge is 0.220 e. The van der Waals surface area contributed by atoms with Crippen LogP contribution in [0.4, 0.5) is 0 Å². The van der Waals surface area contributed by atoms with Gasteiger partial charge in [-0.3, -0.25) is 4.79 Å². The lowest BCUT2D eigenvalue weighted by Crippen LogP contribution is -2.29. The molecule has 122 valence electrons. The molecule has 2 fully saturated rings. The van der Waals surface area contributed by atoms with Gasteiger partial charge in [0, 0.05) is 24.5 Å². The molecule has 0 aliphatic heterocycles. The van der Waals surface area contributed by atoms with Crippen molar-refractivity contribution in [3.8, 4) is 6.07 Å².